The summed E-state index contributed by atoms with van der Waals surface area (Å²) >= 11 is 0. The highest BCUT2D eigenvalue weighted by atomic mass is 32.2. The Balaban J connectivity index is 1.53. The van der Waals surface area contributed by atoms with Crippen molar-refractivity contribution in [3.63, 3.8) is 0 Å². The lowest BCUT2D eigenvalue weighted by molar-refractivity contribution is -0.137. The number of amides is 1. The Labute approximate surface area is 149 Å². The molecule has 1 N–H and O–H groups in total. The average Bonchev–Trinajstić information content (AvgIpc) is 2.96. The van der Waals surface area contributed by atoms with E-state index >= 15 is 0 Å². The molecule has 2 fully saturated rings. The summed E-state index contributed by atoms with van der Waals surface area (Å²) in [6, 6.07) is 9.52. The van der Waals surface area contributed by atoms with Gasteiger partial charge in [0.2, 0.25) is 5.91 Å². The van der Waals surface area contributed by atoms with Crippen LogP contribution in [-0.2, 0) is 20.2 Å². The molecule has 0 aliphatic carbocycles. The van der Waals surface area contributed by atoms with Crippen molar-refractivity contribution in [3.05, 3.63) is 35.9 Å². The molecule has 2 heterocycles. The fraction of sp³-hybridized carbons (Fsp3) is 0.611. The van der Waals surface area contributed by atoms with Crippen molar-refractivity contribution in [1.82, 2.24) is 9.80 Å². The second kappa shape index (κ2) is 7.05. The molecule has 0 bridgehead atoms. The zero-order valence-electron chi connectivity index (χ0n) is 14.6. The molecule has 2 aliphatic heterocycles. The van der Waals surface area contributed by atoms with Gasteiger partial charge in [-0.1, -0.05) is 30.3 Å². The quantitative estimate of drug-likeness (QED) is 0.845. The minimum atomic E-state index is -2.95. The summed E-state index contributed by atoms with van der Waals surface area (Å²) in [6.07, 6.45) is 1.63. The van der Waals surface area contributed by atoms with Crippen LogP contribution in [0.15, 0.2) is 30.3 Å². The van der Waals surface area contributed by atoms with Crippen LogP contribution in [0.1, 0.15) is 24.8 Å². The molecule has 1 aromatic rings. The highest BCUT2D eigenvalue weighted by Crippen LogP contribution is 2.32. The number of aliphatic hydroxyl groups is 1. The molecule has 0 saturated carbocycles. The minimum Gasteiger partial charge on any atom is -0.385 e. The van der Waals surface area contributed by atoms with Crippen molar-refractivity contribution in [2.45, 2.75) is 30.9 Å². The van der Waals surface area contributed by atoms with Gasteiger partial charge in [-0.05, 0) is 31.9 Å². The van der Waals surface area contributed by atoms with Gasteiger partial charge >= 0.3 is 0 Å². The maximum atomic E-state index is 12.5. The summed E-state index contributed by atoms with van der Waals surface area (Å²) in [7, 11) is -1.13. The van der Waals surface area contributed by atoms with Gasteiger partial charge in [-0.15, -0.1) is 0 Å². The maximum Gasteiger partial charge on any atom is 0.236 e. The van der Waals surface area contributed by atoms with Gasteiger partial charge in [0.05, 0.1) is 23.7 Å². The zero-order chi connectivity index (χ0) is 18.1. The summed E-state index contributed by atoms with van der Waals surface area (Å²) in [6.45, 7) is 1.26. The molecule has 0 radical (unpaired) electrons. The molecular weight excluding hydrogens is 340 g/mol. The van der Waals surface area contributed by atoms with Crippen LogP contribution in [0.25, 0.3) is 0 Å². The van der Waals surface area contributed by atoms with Gasteiger partial charge < -0.3 is 10.0 Å². The third-order valence-electron chi connectivity index (χ3n) is 5.47. The van der Waals surface area contributed by atoms with Gasteiger partial charge in [0.25, 0.3) is 0 Å². The second-order valence-corrected chi connectivity index (χ2v) is 9.48. The molecule has 7 heteroatoms. The normalized spacial score (nSPS) is 25.2. The van der Waals surface area contributed by atoms with E-state index in [0.717, 1.165) is 5.56 Å². The van der Waals surface area contributed by atoms with Crippen LogP contribution in [0.4, 0.5) is 0 Å². The molecule has 1 unspecified atom stereocenters. The molecule has 0 aromatic heterocycles. The van der Waals surface area contributed by atoms with Gasteiger partial charge in [-0.3, -0.25) is 9.69 Å². The van der Waals surface area contributed by atoms with Crippen LogP contribution in [0.5, 0.6) is 0 Å². The molecule has 1 amide bonds. The first-order valence-electron chi connectivity index (χ1n) is 8.75. The second-order valence-electron chi connectivity index (χ2n) is 7.25. The number of nitrogens with zero attached hydrogens (tertiary/aromatic N) is 2. The summed E-state index contributed by atoms with van der Waals surface area (Å²) < 4.78 is 23.2. The minimum absolute atomic E-state index is 0.00177. The van der Waals surface area contributed by atoms with Gasteiger partial charge in [0, 0.05) is 19.1 Å². The topological polar surface area (TPSA) is 77.9 Å². The van der Waals surface area contributed by atoms with E-state index in [4.69, 9.17) is 0 Å². The molecule has 3 rings (SSSR count). The van der Waals surface area contributed by atoms with Gasteiger partial charge in [0.15, 0.2) is 9.84 Å². The Hall–Kier alpha value is -1.44. The number of carbonyl (C=O) groups excluding carboxylic acids is 1. The molecule has 1 aromatic carbocycles. The van der Waals surface area contributed by atoms with Crippen LogP contribution in [0.2, 0.25) is 0 Å². The first-order chi connectivity index (χ1) is 11.8. The number of sulfone groups is 1. The van der Waals surface area contributed by atoms with Crippen LogP contribution in [0, 0.1) is 0 Å². The summed E-state index contributed by atoms with van der Waals surface area (Å²) in [4.78, 5) is 16.2. The smallest absolute Gasteiger partial charge is 0.236 e. The van der Waals surface area contributed by atoms with Crippen molar-refractivity contribution < 1.29 is 18.3 Å². The Kier molecular flexibility index (Phi) is 5.18. The molecule has 1 atom stereocenters. The number of benzene rings is 1. The Morgan fingerprint density at radius 2 is 1.92 bits per heavy atom. The van der Waals surface area contributed by atoms with Crippen molar-refractivity contribution >= 4 is 15.7 Å². The molecule has 25 heavy (non-hydrogen) atoms. The third kappa shape index (κ3) is 4.22. The van der Waals surface area contributed by atoms with E-state index in [1.807, 2.05) is 42.3 Å². The van der Waals surface area contributed by atoms with Gasteiger partial charge in [-0.2, -0.15) is 0 Å². The average molecular weight is 366 g/mol. The summed E-state index contributed by atoms with van der Waals surface area (Å²) in [5.41, 5.74) is 0.0269. The zero-order valence-corrected chi connectivity index (χ0v) is 15.4. The molecular formula is C18H26N2O4S. The number of carbonyl (C=O) groups is 1. The van der Waals surface area contributed by atoms with E-state index < -0.39 is 15.4 Å². The SMILES string of the molecule is CN(CC(=O)N1CCC(O)(c2ccccc2)CC1)C1CCS(=O)(=O)C1. The van der Waals surface area contributed by atoms with E-state index in [-0.39, 0.29) is 30.0 Å². The van der Waals surface area contributed by atoms with Crippen molar-refractivity contribution in [2.24, 2.45) is 0 Å². The van der Waals surface area contributed by atoms with E-state index in [0.29, 0.717) is 32.4 Å². The van der Waals surface area contributed by atoms with Crippen LogP contribution in [-0.4, -0.2) is 73.5 Å². The monoisotopic (exact) mass is 366 g/mol. The Morgan fingerprint density at radius 1 is 1.28 bits per heavy atom. The summed E-state index contributed by atoms with van der Waals surface area (Å²) in [5, 5.41) is 10.8. The Bertz CT molecular complexity index is 712. The molecule has 2 aliphatic rings. The lowest BCUT2D eigenvalue weighted by atomic mass is 9.84. The number of likely N-dealkylation sites (N-methyl/N-ethyl adjacent to an activating group) is 1. The van der Waals surface area contributed by atoms with E-state index in [1.54, 1.807) is 4.90 Å². The molecule has 0 spiro atoms. The van der Waals surface area contributed by atoms with Gasteiger partial charge in [0.1, 0.15) is 0 Å². The highest BCUT2D eigenvalue weighted by molar-refractivity contribution is 7.91. The molecule has 138 valence electrons. The fourth-order valence-corrected chi connectivity index (χ4v) is 5.53. The standard InChI is InChI=1S/C18H26N2O4S/c1-19(16-7-12-25(23,24)14-16)13-17(21)20-10-8-18(22,9-11-20)15-5-3-2-4-6-15/h2-6,16,22H,7-14H2,1H3. The van der Waals surface area contributed by atoms with Crippen LogP contribution >= 0.6 is 0 Å². The third-order valence-corrected chi connectivity index (χ3v) is 7.22. The predicted octanol–water partition coefficient (Wildman–Crippen LogP) is 0.615. The van der Waals surface area contributed by atoms with E-state index in [2.05, 4.69) is 0 Å². The first-order valence-corrected chi connectivity index (χ1v) is 10.6. The van der Waals surface area contributed by atoms with E-state index in [9.17, 15) is 18.3 Å². The number of piperidine rings is 1. The molecule has 6 nitrogen and oxygen atoms in total. The lowest BCUT2D eigenvalue weighted by Gasteiger charge is -2.39. The van der Waals surface area contributed by atoms with Crippen molar-refractivity contribution in [2.75, 3.05) is 38.2 Å². The van der Waals surface area contributed by atoms with Crippen LogP contribution in [0.3, 0.4) is 0 Å². The van der Waals surface area contributed by atoms with Gasteiger partial charge in [-0.25, -0.2) is 8.42 Å². The number of rotatable bonds is 4. The van der Waals surface area contributed by atoms with Crippen molar-refractivity contribution in [3.8, 4) is 0 Å². The maximum absolute atomic E-state index is 12.5. The number of likely N-dealkylation sites (tertiary alicyclic amines) is 1. The lowest BCUT2D eigenvalue weighted by Crippen LogP contribution is -2.49. The number of hydrogen-bond donors (Lipinski definition) is 1. The Morgan fingerprint density at radius 3 is 2.48 bits per heavy atom. The first kappa shape index (κ1) is 18.4. The largest absolute Gasteiger partial charge is 0.385 e. The highest BCUT2D eigenvalue weighted by Gasteiger charge is 2.36. The van der Waals surface area contributed by atoms with Crippen molar-refractivity contribution in [1.29, 1.82) is 0 Å². The van der Waals surface area contributed by atoms with Crippen LogP contribution < -0.4 is 0 Å². The molecule has 2 saturated heterocycles. The number of hydrogen-bond acceptors (Lipinski definition) is 5. The van der Waals surface area contributed by atoms with E-state index in [1.165, 1.54) is 0 Å². The fourth-order valence-electron chi connectivity index (χ4n) is 3.73. The predicted molar refractivity (Wildman–Crippen MR) is 95.8 cm³/mol. The summed E-state index contributed by atoms with van der Waals surface area (Å²) in [5.74, 6) is 0.357.